The summed E-state index contributed by atoms with van der Waals surface area (Å²) in [5.41, 5.74) is 0. The van der Waals surface area contributed by atoms with Crippen molar-refractivity contribution < 1.29 is 43.0 Å². The molecule has 0 rings (SSSR count). The van der Waals surface area contributed by atoms with Crippen LogP contribution in [0.15, 0.2) is 0 Å². The number of phosphoric acid groups is 1. The van der Waals surface area contributed by atoms with Crippen LogP contribution in [-0.2, 0) is 27.9 Å². The van der Waals surface area contributed by atoms with Crippen molar-refractivity contribution in [3.05, 3.63) is 0 Å². The molecule has 10 heteroatoms. The molecule has 0 heterocycles. The highest BCUT2D eigenvalue weighted by atomic mass is 31.2. The van der Waals surface area contributed by atoms with E-state index in [2.05, 4.69) is 13.8 Å². The van der Waals surface area contributed by atoms with Crippen molar-refractivity contribution in [3.63, 3.8) is 0 Å². The molecule has 0 bridgehead atoms. The van der Waals surface area contributed by atoms with Crippen LogP contribution in [0.5, 0.6) is 0 Å². The van der Waals surface area contributed by atoms with Gasteiger partial charge in [0.05, 0.1) is 26.4 Å². The molecule has 0 radical (unpaired) electrons. The number of ether oxygens (including phenoxy) is 2. The minimum atomic E-state index is -4.51. The first kappa shape index (κ1) is 54.5. The summed E-state index contributed by atoms with van der Waals surface area (Å²) in [7, 11) is -4.51. The van der Waals surface area contributed by atoms with Gasteiger partial charge < -0.3 is 24.6 Å². The Morgan fingerprint density at radius 2 is 0.818 bits per heavy atom. The standard InChI is InChI=1S/C45H91O9P/c1-3-5-7-9-11-13-15-17-19-21-23-25-27-29-31-33-35-37-45(48)54-44(42-53-55(49,50)52-40-43(47)39-46)41-51-38-36-34-32-30-28-26-24-22-20-18-16-14-12-10-8-6-4-2/h43-44,46-47H,3-42H2,1-2H3,(H,49,50). The normalized spacial score (nSPS) is 13.9. The van der Waals surface area contributed by atoms with Gasteiger partial charge in [0.1, 0.15) is 12.2 Å². The molecule has 3 unspecified atom stereocenters. The topological polar surface area (TPSA) is 132 Å². The summed E-state index contributed by atoms with van der Waals surface area (Å²) in [6, 6.07) is 0. The Bertz CT molecular complexity index is 830. The molecule has 0 amide bonds. The van der Waals surface area contributed by atoms with Crippen LogP contribution in [0.4, 0.5) is 0 Å². The van der Waals surface area contributed by atoms with Crippen molar-refractivity contribution in [3.8, 4) is 0 Å². The van der Waals surface area contributed by atoms with E-state index in [1.54, 1.807) is 0 Å². The Morgan fingerprint density at radius 3 is 1.18 bits per heavy atom. The number of hydrogen-bond acceptors (Lipinski definition) is 8. The monoisotopic (exact) mass is 807 g/mol. The highest BCUT2D eigenvalue weighted by Gasteiger charge is 2.26. The van der Waals surface area contributed by atoms with E-state index in [0.717, 1.165) is 32.1 Å². The Hall–Kier alpha value is -0.540. The van der Waals surface area contributed by atoms with E-state index in [9.17, 15) is 19.4 Å². The molecule has 0 saturated carbocycles. The maximum absolute atomic E-state index is 12.6. The molecule has 0 spiro atoms. The molecule has 0 aromatic heterocycles. The van der Waals surface area contributed by atoms with Crippen LogP contribution in [-0.4, -0.2) is 66.3 Å². The van der Waals surface area contributed by atoms with E-state index in [0.29, 0.717) is 6.61 Å². The van der Waals surface area contributed by atoms with Crippen LogP contribution in [0.25, 0.3) is 0 Å². The molecule has 3 atom stereocenters. The second kappa shape index (κ2) is 43.0. The second-order valence-corrected chi connectivity index (χ2v) is 17.6. The molecule has 0 aliphatic heterocycles. The maximum atomic E-state index is 12.6. The van der Waals surface area contributed by atoms with Gasteiger partial charge in [-0.25, -0.2) is 4.57 Å². The predicted molar refractivity (Wildman–Crippen MR) is 228 cm³/mol. The highest BCUT2D eigenvalue weighted by molar-refractivity contribution is 7.47. The summed E-state index contributed by atoms with van der Waals surface area (Å²) in [5.74, 6) is -0.375. The number of carbonyl (C=O) groups excluding carboxylic acids is 1. The SMILES string of the molecule is CCCCCCCCCCCCCCCCCCCOCC(COP(=O)(O)OCC(O)CO)OC(=O)CCCCCCCCCCCCCCCCCCC. The van der Waals surface area contributed by atoms with Gasteiger partial charge in [0.25, 0.3) is 0 Å². The van der Waals surface area contributed by atoms with E-state index in [1.165, 1.54) is 186 Å². The lowest BCUT2D eigenvalue weighted by Crippen LogP contribution is -2.29. The Kier molecular flexibility index (Phi) is 42.6. The summed E-state index contributed by atoms with van der Waals surface area (Å²) >= 11 is 0. The first-order valence-electron chi connectivity index (χ1n) is 23.5. The van der Waals surface area contributed by atoms with E-state index in [4.69, 9.17) is 23.6 Å². The van der Waals surface area contributed by atoms with Crippen molar-refractivity contribution in [2.75, 3.05) is 33.0 Å². The first-order chi connectivity index (χ1) is 26.8. The molecule has 9 nitrogen and oxygen atoms in total. The van der Waals surface area contributed by atoms with Crippen LogP contribution in [0, 0.1) is 0 Å². The lowest BCUT2D eigenvalue weighted by Gasteiger charge is -2.20. The van der Waals surface area contributed by atoms with Gasteiger partial charge in [-0.2, -0.15) is 0 Å². The summed E-state index contributed by atoms with van der Waals surface area (Å²) in [4.78, 5) is 22.6. The zero-order valence-corrected chi connectivity index (χ0v) is 37.1. The van der Waals surface area contributed by atoms with Gasteiger partial charge in [0, 0.05) is 13.0 Å². The minimum Gasteiger partial charge on any atom is -0.457 e. The molecule has 0 aromatic carbocycles. The van der Waals surface area contributed by atoms with E-state index in [-0.39, 0.29) is 25.6 Å². The number of phosphoric ester groups is 1. The lowest BCUT2D eigenvalue weighted by atomic mass is 10.0. The third kappa shape index (κ3) is 42.9. The largest absolute Gasteiger partial charge is 0.472 e. The number of rotatable bonds is 46. The van der Waals surface area contributed by atoms with Crippen LogP contribution in [0.1, 0.15) is 239 Å². The zero-order chi connectivity index (χ0) is 40.3. The fourth-order valence-electron chi connectivity index (χ4n) is 6.95. The van der Waals surface area contributed by atoms with Gasteiger partial charge in [-0.3, -0.25) is 13.8 Å². The average Bonchev–Trinajstić information content (AvgIpc) is 3.18. The van der Waals surface area contributed by atoms with Gasteiger partial charge >= 0.3 is 13.8 Å². The molecule has 3 N–H and O–H groups in total. The summed E-state index contributed by atoms with van der Waals surface area (Å²) < 4.78 is 33.5. The van der Waals surface area contributed by atoms with Crippen LogP contribution < -0.4 is 0 Å². The van der Waals surface area contributed by atoms with Crippen molar-refractivity contribution in [1.29, 1.82) is 0 Å². The van der Waals surface area contributed by atoms with Crippen molar-refractivity contribution in [2.24, 2.45) is 0 Å². The van der Waals surface area contributed by atoms with Gasteiger partial charge in [-0.1, -0.05) is 219 Å². The molecular formula is C45H91O9P. The Morgan fingerprint density at radius 1 is 0.491 bits per heavy atom. The van der Waals surface area contributed by atoms with Gasteiger partial charge in [-0.15, -0.1) is 0 Å². The maximum Gasteiger partial charge on any atom is 0.472 e. The predicted octanol–water partition coefficient (Wildman–Crippen LogP) is 13.1. The highest BCUT2D eigenvalue weighted by Crippen LogP contribution is 2.43. The first-order valence-corrected chi connectivity index (χ1v) is 25.0. The van der Waals surface area contributed by atoms with Crippen molar-refractivity contribution in [2.45, 2.75) is 251 Å². The molecule has 0 saturated heterocycles. The lowest BCUT2D eigenvalue weighted by molar-refractivity contribution is -0.154. The quantitative estimate of drug-likeness (QED) is 0.0312. The molecule has 55 heavy (non-hydrogen) atoms. The van der Waals surface area contributed by atoms with E-state index < -0.39 is 33.2 Å². The Labute approximate surface area is 339 Å². The number of carbonyl (C=O) groups is 1. The number of aliphatic hydroxyl groups is 2. The number of aliphatic hydroxyl groups excluding tert-OH is 2. The molecule has 0 aliphatic rings. The summed E-state index contributed by atoms with van der Waals surface area (Å²) in [6.45, 7) is 3.59. The van der Waals surface area contributed by atoms with Crippen LogP contribution >= 0.6 is 7.82 Å². The molecule has 330 valence electrons. The zero-order valence-electron chi connectivity index (χ0n) is 36.2. The van der Waals surface area contributed by atoms with Gasteiger partial charge in [0.2, 0.25) is 0 Å². The van der Waals surface area contributed by atoms with Gasteiger partial charge in [0.15, 0.2) is 0 Å². The second-order valence-electron chi connectivity index (χ2n) is 16.1. The van der Waals surface area contributed by atoms with Crippen LogP contribution in [0.3, 0.4) is 0 Å². The average molecular weight is 807 g/mol. The van der Waals surface area contributed by atoms with Gasteiger partial charge in [-0.05, 0) is 12.8 Å². The fourth-order valence-corrected chi connectivity index (χ4v) is 7.74. The van der Waals surface area contributed by atoms with Crippen LogP contribution in [0.2, 0.25) is 0 Å². The minimum absolute atomic E-state index is 0.0584. The number of unbranched alkanes of at least 4 members (excludes halogenated alkanes) is 32. The number of hydrogen-bond donors (Lipinski definition) is 3. The van der Waals surface area contributed by atoms with E-state index in [1.807, 2.05) is 0 Å². The summed E-state index contributed by atoms with van der Waals surface area (Å²) in [5, 5.41) is 18.4. The third-order valence-corrected chi connectivity index (χ3v) is 11.5. The molecule has 0 fully saturated rings. The smallest absolute Gasteiger partial charge is 0.457 e. The number of esters is 1. The molecular weight excluding hydrogens is 715 g/mol. The Balaban J connectivity index is 4.07. The fraction of sp³-hybridized carbons (Fsp3) is 0.978. The summed E-state index contributed by atoms with van der Waals surface area (Å²) in [6.07, 6.45) is 42.0. The van der Waals surface area contributed by atoms with E-state index >= 15 is 0 Å². The molecule has 0 aliphatic carbocycles. The van der Waals surface area contributed by atoms with Crippen molar-refractivity contribution in [1.82, 2.24) is 0 Å². The third-order valence-electron chi connectivity index (χ3n) is 10.5. The van der Waals surface area contributed by atoms with Crippen molar-refractivity contribution >= 4 is 13.8 Å². The molecule has 0 aromatic rings.